The molecule has 0 aliphatic carbocycles. The molecular formula is C24H24N4O2S. The van der Waals surface area contributed by atoms with Crippen LogP contribution in [0.5, 0.6) is 5.75 Å². The summed E-state index contributed by atoms with van der Waals surface area (Å²) in [5.41, 5.74) is 2.14. The first-order chi connectivity index (χ1) is 15.1. The molecule has 0 saturated heterocycles. The number of hydrogen-bond donors (Lipinski definition) is 2. The van der Waals surface area contributed by atoms with Crippen LogP contribution in [0.25, 0.3) is 10.8 Å². The van der Waals surface area contributed by atoms with E-state index in [1.54, 1.807) is 0 Å². The Morgan fingerprint density at radius 3 is 2.71 bits per heavy atom. The predicted molar refractivity (Wildman–Crippen MR) is 123 cm³/mol. The number of aryl methyl sites for hydroxylation is 1. The number of aromatic nitrogens is 3. The zero-order valence-corrected chi connectivity index (χ0v) is 18.3. The first-order valence-corrected chi connectivity index (χ1v) is 11.1. The van der Waals surface area contributed by atoms with Crippen molar-refractivity contribution in [1.29, 1.82) is 0 Å². The molecular weight excluding hydrogens is 408 g/mol. The lowest BCUT2D eigenvalue weighted by molar-refractivity contribution is -0.119. The normalized spacial score (nSPS) is 11.9. The van der Waals surface area contributed by atoms with Crippen molar-refractivity contribution in [2.24, 2.45) is 0 Å². The fraction of sp³-hybridized carbons (Fsp3) is 0.208. The number of ether oxygens (including phenoxy) is 1. The topological polar surface area (TPSA) is 79.9 Å². The van der Waals surface area contributed by atoms with E-state index in [-0.39, 0.29) is 17.7 Å². The number of rotatable bonds is 8. The molecule has 0 aliphatic rings. The summed E-state index contributed by atoms with van der Waals surface area (Å²) in [6.45, 7) is 4.28. The van der Waals surface area contributed by atoms with Gasteiger partial charge in [-0.15, -0.1) is 5.10 Å². The van der Waals surface area contributed by atoms with E-state index in [2.05, 4.69) is 50.8 Å². The maximum Gasteiger partial charge on any atom is 0.230 e. The first kappa shape index (κ1) is 20.9. The quantitative estimate of drug-likeness (QED) is 0.391. The molecule has 0 saturated carbocycles. The summed E-state index contributed by atoms with van der Waals surface area (Å²) in [5.74, 6) is 1.62. The smallest absolute Gasteiger partial charge is 0.230 e. The third-order valence-corrected chi connectivity index (χ3v) is 5.80. The molecule has 1 heterocycles. The van der Waals surface area contributed by atoms with E-state index >= 15 is 0 Å². The maximum absolute atomic E-state index is 12.4. The highest BCUT2D eigenvalue weighted by Gasteiger charge is 2.12. The Bertz CT molecular complexity index is 1190. The van der Waals surface area contributed by atoms with Crippen LogP contribution in [0.1, 0.15) is 29.9 Å². The summed E-state index contributed by atoms with van der Waals surface area (Å²) in [5, 5.41) is 12.9. The molecule has 158 valence electrons. The molecule has 1 atom stereocenters. The summed E-state index contributed by atoms with van der Waals surface area (Å²) in [6, 6.07) is 22.2. The number of nitrogens with one attached hydrogen (secondary N) is 2. The fourth-order valence-electron chi connectivity index (χ4n) is 3.25. The molecule has 4 rings (SSSR count). The van der Waals surface area contributed by atoms with Crippen molar-refractivity contribution in [1.82, 2.24) is 20.5 Å². The number of benzene rings is 3. The maximum atomic E-state index is 12.4. The molecule has 0 bridgehead atoms. The van der Waals surface area contributed by atoms with E-state index in [1.807, 2.05) is 50.2 Å². The molecule has 0 aliphatic heterocycles. The third kappa shape index (κ3) is 5.44. The average Bonchev–Trinajstić information content (AvgIpc) is 3.24. The van der Waals surface area contributed by atoms with Crippen LogP contribution in [-0.2, 0) is 11.4 Å². The summed E-state index contributed by atoms with van der Waals surface area (Å²) < 4.78 is 5.77. The lowest BCUT2D eigenvalue weighted by Crippen LogP contribution is -2.28. The van der Waals surface area contributed by atoms with Crippen LogP contribution in [0.3, 0.4) is 0 Å². The van der Waals surface area contributed by atoms with Gasteiger partial charge in [0.25, 0.3) is 0 Å². The van der Waals surface area contributed by atoms with E-state index in [1.165, 1.54) is 17.1 Å². The van der Waals surface area contributed by atoms with Crippen molar-refractivity contribution in [3.8, 4) is 5.75 Å². The molecule has 7 heteroatoms. The SMILES string of the molecule is Cc1ccccc1OCc1nc(SCC(=O)N[C@H](C)c2ccc3ccccc3c2)n[nH]1. The van der Waals surface area contributed by atoms with Crippen molar-refractivity contribution >= 4 is 28.4 Å². The lowest BCUT2D eigenvalue weighted by Gasteiger charge is -2.14. The van der Waals surface area contributed by atoms with Gasteiger partial charge < -0.3 is 10.1 Å². The van der Waals surface area contributed by atoms with Gasteiger partial charge in [-0.3, -0.25) is 9.89 Å². The Hall–Kier alpha value is -3.32. The van der Waals surface area contributed by atoms with Gasteiger partial charge in [-0.05, 0) is 47.9 Å². The molecule has 1 aromatic heterocycles. The van der Waals surface area contributed by atoms with Crippen LogP contribution >= 0.6 is 11.8 Å². The Morgan fingerprint density at radius 2 is 1.87 bits per heavy atom. The van der Waals surface area contributed by atoms with Crippen LogP contribution in [0.15, 0.2) is 71.9 Å². The molecule has 1 amide bonds. The summed E-state index contributed by atoms with van der Waals surface area (Å²) in [4.78, 5) is 16.8. The number of nitrogens with zero attached hydrogens (tertiary/aromatic N) is 2. The van der Waals surface area contributed by atoms with Crippen molar-refractivity contribution in [2.45, 2.75) is 31.7 Å². The predicted octanol–water partition coefficient (Wildman–Crippen LogP) is 4.81. The third-order valence-electron chi connectivity index (χ3n) is 4.95. The number of carbonyl (C=O) groups excluding carboxylic acids is 1. The van der Waals surface area contributed by atoms with Gasteiger partial charge in [0.2, 0.25) is 11.1 Å². The van der Waals surface area contributed by atoms with Crippen molar-refractivity contribution in [3.63, 3.8) is 0 Å². The standard InChI is InChI=1S/C24H24N4O2S/c1-16-7-3-6-10-21(16)30-14-22-26-24(28-27-22)31-15-23(29)25-17(2)19-12-11-18-8-4-5-9-20(18)13-19/h3-13,17H,14-15H2,1-2H3,(H,25,29)(H,26,27,28)/t17-/m1/s1. The Morgan fingerprint density at radius 1 is 1.10 bits per heavy atom. The molecule has 0 radical (unpaired) electrons. The van der Waals surface area contributed by atoms with Gasteiger partial charge in [0.1, 0.15) is 12.4 Å². The number of thioether (sulfide) groups is 1. The van der Waals surface area contributed by atoms with Gasteiger partial charge >= 0.3 is 0 Å². The monoisotopic (exact) mass is 432 g/mol. The van der Waals surface area contributed by atoms with Gasteiger partial charge in [-0.1, -0.05) is 66.4 Å². The molecule has 2 N–H and O–H groups in total. The highest BCUT2D eigenvalue weighted by molar-refractivity contribution is 7.99. The van der Waals surface area contributed by atoms with Crippen molar-refractivity contribution in [3.05, 3.63) is 83.7 Å². The summed E-state index contributed by atoms with van der Waals surface area (Å²) in [6.07, 6.45) is 0. The van der Waals surface area contributed by atoms with Crippen molar-refractivity contribution < 1.29 is 9.53 Å². The van der Waals surface area contributed by atoms with Gasteiger partial charge in [0.15, 0.2) is 5.82 Å². The van der Waals surface area contributed by atoms with Gasteiger partial charge in [-0.25, -0.2) is 4.98 Å². The number of H-pyrrole nitrogens is 1. The van der Waals surface area contributed by atoms with Crippen LogP contribution < -0.4 is 10.1 Å². The number of aromatic amines is 1. The Balaban J connectivity index is 1.27. The highest BCUT2D eigenvalue weighted by Crippen LogP contribution is 2.21. The van der Waals surface area contributed by atoms with E-state index in [4.69, 9.17) is 4.74 Å². The minimum atomic E-state index is -0.0806. The fourth-order valence-corrected chi connectivity index (χ4v) is 3.87. The zero-order valence-electron chi connectivity index (χ0n) is 17.5. The summed E-state index contributed by atoms with van der Waals surface area (Å²) >= 11 is 1.29. The van der Waals surface area contributed by atoms with Gasteiger partial charge in [0, 0.05) is 0 Å². The largest absolute Gasteiger partial charge is 0.485 e. The molecule has 0 unspecified atom stereocenters. The van der Waals surface area contributed by atoms with E-state index in [0.717, 1.165) is 22.3 Å². The Labute approximate surface area is 185 Å². The van der Waals surface area contributed by atoms with E-state index < -0.39 is 0 Å². The lowest BCUT2D eigenvalue weighted by atomic mass is 10.0. The number of carbonyl (C=O) groups is 1. The van der Waals surface area contributed by atoms with Crippen LogP contribution in [-0.4, -0.2) is 26.8 Å². The minimum Gasteiger partial charge on any atom is -0.485 e. The second kappa shape index (κ2) is 9.66. The molecule has 6 nitrogen and oxygen atoms in total. The first-order valence-electron chi connectivity index (χ1n) is 10.1. The number of para-hydroxylation sites is 1. The number of hydrogen-bond acceptors (Lipinski definition) is 5. The second-order valence-electron chi connectivity index (χ2n) is 7.30. The molecule has 31 heavy (non-hydrogen) atoms. The van der Waals surface area contributed by atoms with Crippen LogP contribution in [0, 0.1) is 6.92 Å². The minimum absolute atomic E-state index is 0.0619. The molecule has 3 aromatic carbocycles. The second-order valence-corrected chi connectivity index (χ2v) is 8.25. The van der Waals surface area contributed by atoms with E-state index in [9.17, 15) is 4.79 Å². The van der Waals surface area contributed by atoms with Crippen LogP contribution in [0.2, 0.25) is 0 Å². The number of amides is 1. The summed E-state index contributed by atoms with van der Waals surface area (Å²) in [7, 11) is 0. The van der Waals surface area contributed by atoms with Gasteiger partial charge in [-0.2, -0.15) is 0 Å². The molecule has 0 fully saturated rings. The number of fused-ring (bicyclic) bond motifs is 1. The highest BCUT2D eigenvalue weighted by atomic mass is 32.2. The van der Waals surface area contributed by atoms with E-state index in [0.29, 0.717) is 17.6 Å². The van der Waals surface area contributed by atoms with Gasteiger partial charge in [0.05, 0.1) is 11.8 Å². The molecule has 0 spiro atoms. The van der Waals surface area contributed by atoms with Crippen LogP contribution in [0.4, 0.5) is 0 Å². The Kier molecular flexibility index (Phi) is 6.52. The average molecular weight is 433 g/mol. The molecule has 4 aromatic rings. The zero-order chi connectivity index (χ0) is 21.6. The van der Waals surface area contributed by atoms with Crippen molar-refractivity contribution in [2.75, 3.05) is 5.75 Å².